The van der Waals surface area contributed by atoms with Crippen LogP contribution in [0.1, 0.15) is 18.4 Å². The number of benzene rings is 2. The van der Waals surface area contributed by atoms with Gasteiger partial charge >= 0.3 is 0 Å². The summed E-state index contributed by atoms with van der Waals surface area (Å²) in [5.74, 6) is -1.06. The van der Waals surface area contributed by atoms with E-state index >= 15 is 0 Å². The summed E-state index contributed by atoms with van der Waals surface area (Å²) < 4.78 is 12.9. The minimum absolute atomic E-state index is 0.112. The molecule has 0 unspecified atom stereocenters. The highest BCUT2D eigenvalue weighted by molar-refractivity contribution is 6.17. The van der Waals surface area contributed by atoms with E-state index in [0.717, 1.165) is 0 Å². The molecule has 2 amide bonds. The van der Waals surface area contributed by atoms with Crippen LogP contribution in [0.3, 0.4) is 0 Å². The molecule has 1 aliphatic rings. The highest BCUT2D eigenvalue weighted by Gasteiger charge is 2.56. The number of hydrogen-bond acceptors (Lipinski definition) is 3. The van der Waals surface area contributed by atoms with E-state index < -0.39 is 17.1 Å². The third kappa shape index (κ3) is 3.08. The molecule has 2 aromatic carbocycles. The fraction of sp³-hybridized carbons (Fsp3) is 0.222. The molecule has 0 aliphatic heterocycles. The molecule has 6 heteroatoms. The van der Waals surface area contributed by atoms with Crippen LogP contribution in [-0.4, -0.2) is 16.9 Å². The average Bonchev–Trinajstić information content (AvgIpc) is 3.34. The van der Waals surface area contributed by atoms with Crippen LogP contribution < -0.4 is 10.6 Å². The molecule has 0 spiro atoms. The SMILES string of the molecule is Cc1cc(O)ccc1NC(=O)C1(C(=O)Nc2ccc(F)cc2)CC1. The minimum Gasteiger partial charge on any atom is -0.508 e. The predicted molar refractivity (Wildman–Crippen MR) is 88.2 cm³/mol. The molecule has 1 saturated carbocycles. The molecule has 124 valence electrons. The Hall–Kier alpha value is -2.89. The first-order valence-corrected chi connectivity index (χ1v) is 7.59. The second-order valence-electron chi connectivity index (χ2n) is 6.00. The summed E-state index contributed by atoms with van der Waals surface area (Å²) in [5, 5.41) is 14.8. The van der Waals surface area contributed by atoms with Crippen molar-refractivity contribution < 1.29 is 19.1 Å². The Balaban J connectivity index is 1.71. The van der Waals surface area contributed by atoms with Crippen LogP contribution in [0.4, 0.5) is 15.8 Å². The van der Waals surface area contributed by atoms with Crippen molar-refractivity contribution in [2.45, 2.75) is 19.8 Å². The summed E-state index contributed by atoms with van der Waals surface area (Å²) in [6, 6.07) is 9.99. The maximum atomic E-state index is 12.9. The molecule has 0 aromatic heterocycles. The number of halogens is 1. The van der Waals surface area contributed by atoms with E-state index in [1.54, 1.807) is 13.0 Å². The lowest BCUT2D eigenvalue weighted by Crippen LogP contribution is -2.35. The van der Waals surface area contributed by atoms with Crippen LogP contribution in [0.5, 0.6) is 5.75 Å². The van der Waals surface area contributed by atoms with E-state index in [-0.39, 0.29) is 11.7 Å². The van der Waals surface area contributed by atoms with Crippen molar-refractivity contribution in [2.75, 3.05) is 10.6 Å². The molecule has 3 rings (SSSR count). The van der Waals surface area contributed by atoms with Crippen molar-refractivity contribution in [3.63, 3.8) is 0 Å². The fourth-order valence-corrected chi connectivity index (χ4v) is 2.50. The highest BCUT2D eigenvalue weighted by Crippen LogP contribution is 2.47. The summed E-state index contributed by atoms with van der Waals surface area (Å²) in [5.41, 5.74) is 0.608. The van der Waals surface area contributed by atoms with Gasteiger partial charge in [0.15, 0.2) is 0 Å². The number of anilines is 2. The lowest BCUT2D eigenvalue weighted by atomic mass is 10.0. The number of aryl methyl sites for hydroxylation is 1. The Labute approximate surface area is 138 Å². The normalized spacial score (nSPS) is 14.8. The summed E-state index contributed by atoms with van der Waals surface area (Å²) in [4.78, 5) is 25.0. The fourth-order valence-electron chi connectivity index (χ4n) is 2.50. The molecule has 1 aliphatic carbocycles. The van der Waals surface area contributed by atoms with Gasteiger partial charge in [-0.05, 0) is 67.8 Å². The Morgan fingerprint density at radius 1 is 1.04 bits per heavy atom. The Morgan fingerprint density at radius 2 is 1.67 bits per heavy atom. The molecule has 24 heavy (non-hydrogen) atoms. The number of carbonyl (C=O) groups excluding carboxylic acids is 2. The van der Waals surface area contributed by atoms with Crippen molar-refractivity contribution in [1.82, 2.24) is 0 Å². The van der Waals surface area contributed by atoms with Gasteiger partial charge in [0.1, 0.15) is 17.0 Å². The first-order valence-electron chi connectivity index (χ1n) is 7.59. The van der Waals surface area contributed by atoms with Gasteiger partial charge in [0.05, 0.1) is 0 Å². The van der Waals surface area contributed by atoms with Crippen LogP contribution in [0.2, 0.25) is 0 Å². The molecule has 0 radical (unpaired) electrons. The van der Waals surface area contributed by atoms with E-state index in [2.05, 4.69) is 10.6 Å². The third-order valence-electron chi connectivity index (χ3n) is 4.18. The van der Waals surface area contributed by atoms with E-state index in [9.17, 15) is 19.1 Å². The van der Waals surface area contributed by atoms with Crippen LogP contribution in [-0.2, 0) is 9.59 Å². The second-order valence-corrected chi connectivity index (χ2v) is 6.00. The van der Waals surface area contributed by atoms with Crippen molar-refractivity contribution in [3.8, 4) is 5.75 Å². The van der Waals surface area contributed by atoms with Gasteiger partial charge in [-0.3, -0.25) is 9.59 Å². The number of nitrogens with one attached hydrogen (secondary N) is 2. The van der Waals surface area contributed by atoms with Gasteiger partial charge in [-0.25, -0.2) is 4.39 Å². The first-order chi connectivity index (χ1) is 11.4. The van der Waals surface area contributed by atoms with Crippen LogP contribution >= 0.6 is 0 Å². The zero-order valence-corrected chi connectivity index (χ0v) is 13.1. The molecule has 0 bridgehead atoms. The van der Waals surface area contributed by atoms with Crippen LogP contribution in [0, 0.1) is 18.2 Å². The molecule has 3 N–H and O–H groups in total. The Morgan fingerprint density at radius 3 is 2.25 bits per heavy atom. The summed E-state index contributed by atoms with van der Waals surface area (Å²) >= 11 is 0. The monoisotopic (exact) mass is 328 g/mol. The Bertz CT molecular complexity index is 798. The molecule has 0 saturated heterocycles. The van der Waals surface area contributed by atoms with Gasteiger partial charge in [0, 0.05) is 11.4 Å². The van der Waals surface area contributed by atoms with Crippen LogP contribution in [0.25, 0.3) is 0 Å². The summed E-state index contributed by atoms with van der Waals surface area (Å²) in [6.07, 6.45) is 0.923. The zero-order valence-electron chi connectivity index (χ0n) is 13.1. The number of rotatable bonds is 4. The highest BCUT2D eigenvalue weighted by atomic mass is 19.1. The number of phenols is 1. The number of amides is 2. The van der Waals surface area contributed by atoms with E-state index in [0.29, 0.717) is 29.8 Å². The van der Waals surface area contributed by atoms with E-state index in [1.165, 1.54) is 36.4 Å². The van der Waals surface area contributed by atoms with Crippen LogP contribution in [0.15, 0.2) is 42.5 Å². The molecule has 2 aromatic rings. The second kappa shape index (κ2) is 5.96. The number of hydrogen-bond donors (Lipinski definition) is 3. The van der Waals surface area contributed by atoms with Crippen molar-refractivity contribution >= 4 is 23.2 Å². The average molecular weight is 328 g/mol. The zero-order chi connectivity index (χ0) is 17.3. The van der Waals surface area contributed by atoms with Gasteiger partial charge in [0.25, 0.3) is 0 Å². The summed E-state index contributed by atoms with van der Waals surface area (Å²) in [6.45, 7) is 1.76. The molecule has 1 fully saturated rings. The largest absolute Gasteiger partial charge is 0.508 e. The van der Waals surface area contributed by atoms with Gasteiger partial charge < -0.3 is 15.7 Å². The molecule has 0 atom stereocenters. The predicted octanol–water partition coefficient (Wildman–Crippen LogP) is 3.20. The van der Waals surface area contributed by atoms with E-state index in [1.807, 2.05) is 0 Å². The standard InChI is InChI=1S/C18H17FN2O3/c1-11-10-14(22)6-7-15(11)21-17(24)18(8-9-18)16(23)20-13-4-2-12(19)3-5-13/h2-7,10,22H,8-9H2,1H3,(H,20,23)(H,21,24). The van der Waals surface area contributed by atoms with Gasteiger partial charge in [-0.2, -0.15) is 0 Å². The van der Waals surface area contributed by atoms with Crippen molar-refractivity contribution in [1.29, 1.82) is 0 Å². The lowest BCUT2D eigenvalue weighted by molar-refractivity contribution is -0.131. The lowest BCUT2D eigenvalue weighted by Gasteiger charge is -2.16. The summed E-state index contributed by atoms with van der Waals surface area (Å²) in [7, 11) is 0. The molecule has 5 nitrogen and oxygen atoms in total. The maximum Gasteiger partial charge on any atom is 0.240 e. The van der Waals surface area contributed by atoms with Gasteiger partial charge in [0.2, 0.25) is 11.8 Å². The Kier molecular flexibility index (Phi) is 3.97. The smallest absolute Gasteiger partial charge is 0.240 e. The molecule has 0 heterocycles. The van der Waals surface area contributed by atoms with E-state index in [4.69, 9.17) is 0 Å². The molecular formula is C18H17FN2O3. The number of aromatic hydroxyl groups is 1. The minimum atomic E-state index is -1.10. The third-order valence-corrected chi connectivity index (χ3v) is 4.18. The topological polar surface area (TPSA) is 78.4 Å². The first kappa shape index (κ1) is 16.0. The number of carbonyl (C=O) groups is 2. The quantitative estimate of drug-likeness (QED) is 0.596. The van der Waals surface area contributed by atoms with Gasteiger partial charge in [-0.1, -0.05) is 0 Å². The van der Waals surface area contributed by atoms with Crippen molar-refractivity contribution in [2.24, 2.45) is 5.41 Å². The molecular weight excluding hydrogens is 311 g/mol. The maximum absolute atomic E-state index is 12.9. The van der Waals surface area contributed by atoms with Crippen molar-refractivity contribution in [3.05, 3.63) is 53.8 Å². The van der Waals surface area contributed by atoms with Gasteiger partial charge in [-0.15, -0.1) is 0 Å². The number of phenolic OH excluding ortho intramolecular Hbond substituents is 1.